The summed E-state index contributed by atoms with van der Waals surface area (Å²) in [5, 5.41) is 11.8. The van der Waals surface area contributed by atoms with Crippen molar-refractivity contribution >= 4 is 17.5 Å². The number of esters is 1. The van der Waals surface area contributed by atoms with Crippen LogP contribution in [0.15, 0.2) is 34.7 Å². The zero-order valence-corrected chi connectivity index (χ0v) is 10.2. The van der Waals surface area contributed by atoms with Gasteiger partial charge >= 0.3 is 11.9 Å². The van der Waals surface area contributed by atoms with Crippen molar-refractivity contribution in [2.24, 2.45) is 0 Å². The van der Waals surface area contributed by atoms with E-state index < -0.39 is 5.97 Å². The van der Waals surface area contributed by atoms with E-state index in [1.807, 2.05) is 24.3 Å². The van der Waals surface area contributed by atoms with Crippen molar-refractivity contribution in [3.63, 3.8) is 0 Å². The molecule has 0 spiro atoms. The topological polar surface area (TPSA) is 88.1 Å². The summed E-state index contributed by atoms with van der Waals surface area (Å²) in [5.41, 5.74) is 0.734. The molecule has 1 heterocycles. The maximum atomic E-state index is 11.5. The SMILES string of the molecule is CCOC(=O)c1nc(C#N)c(Nc2ccccc2)o1. The van der Waals surface area contributed by atoms with Crippen molar-refractivity contribution in [1.82, 2.24) is 4.98 Å². The second-order valence-electron chi connectivity index (χ2n) is 3.52. The van der Waals surface area contributed by atoms with Gasteiger partial charge in [0.15, 0.2) is 0 Å². The number of nitrogens with zero attached hydrogens (tertiary/aromatic N) is 2. The summed E-state index contributed by atoms with van der Waals surface area (Å²) < 4.78 is 9.96. The van der Waals surface area contributed by atoms with E-state index >= 15 is 0 Å². The quantitative estimate of drug-likeness (QED) is 0.846. The van der Waals surface area contributed by atoms with Crippen molar-refractivity contribution in [2.45, 2.75) is 6.92 Å². The van der Waals surface area contributed by atoms with Gasteiger partial charge in [-0.05, 0) is 19.1 Å². The molecule has 0 bridgehead atoms. The number of carbonyl (C=O) groups is 1. The van der Waals surface area contributed by atoms with Gasteiger partial charge in [0.25, 0.3) is 0 Å². The van der Waals surface area contributed by atoms with Crippen LogP contribution in [-0.2, 0) is 4.74 Å². The molecule has 0 radical (unpaired) electrons. The molecule has 0 fully saturated rings. The van der Waals surface area contributed by atoms with E-state index in [4.69, 9.17) is 14.4 Å². The second-order valence-corrected chi connectivity index (χ2v) is 3.52. The van der Waals surface area contributed by atoms with Gasteiger partial charge in [-0.15, -0.1) is 0 Å². The lowest BCUT2D eigenvalue weighted by Gasteiger charge is -2.01. The number of carbonyl (C=O) groups excluding carboxylic acids is 1. The van der Waals surface area contributed by atoms with Gasteiger partial charge in [0.2, 0.25) is 11.6 Å². The van der Waals surface area contributed by atoms with Gasteiger partial charge in [0.1, 0.15) is 6.07 Å². The van der Waals surface area contributed by atoms with Crippen LogP contribution < -0.4 is 5.32 Å². The van der Waals surface area contributed by atoms with Crippen molar-refractivity contribution < 1.29 is 13.9 Å². The van der Waals surface area contributed by atoms with Crippen LogP contribution in [0.5, 0.6) is 0 Å². The van der Waals surface area contributed by atoms with E-state index in [1.165, 1.54) is 0 Å². The highest BCUT2D eigenvalue weighted by Crippen LogP contribution is 2.21. The first-order chi connectivity index (χ1) is 9.24. The van der Waals surface area contributed by atoms with Gasteiger partial charge < -0.3 is 14.5 Å². The molecule has 0 aliphatic rings. The molecule has 1 aromatic heterocycles. The van der Waals surface area contributed by atoms with Gasteiger partial charge in [0, 0.05) is 5.69 Å². The fourth-order valence-corrected chi connectivity index (χ4v) is 1.41. The highest BCUT2D eigenvalue weighted by atomic mass is 16.5. The minimum Gasteiger partial charge on any atom is -0.459 e. The first-order valence-electron chi connectivity index (χ1n) is 5.64. The number of anilines is 2. The molecule has 0 saturated carbocycles. The largest absolute Gasteiger partial charge is 0.459 e. The predicted molar refractivity (Wildman–Crippen MR) is 66.9 cm³/mol. The fraction of sp³-hybridized carbons (Fsp3) is 0.154. The maximum absolute atomic E-state index is 11.5. The molecule has 1 aromatic carbocycles. The van der Waals surface area contributed by atoms with Crippen LogP contribution in [0.25, 0.3) is 0 Å². The molecule has 19 heavy (non-hydrogen) atoms. The molecule has 0 unspecified atom stereocenters. The zero-order chi connectivity index (χ0) is 13.7. The number of ether oxygens (including phenoxy) is 1. The normalized spacial score (nSPS) is 9.68. The first kappa shape index (κ1) is 12.6. The zero-order valence-electron chi connectivity index (χ0n) is 10.2. The summed E-state index contributed by atoms with van der Waals surface area (Å²) in [6.45, 7) is 1.89. The lowest BCUT2D eigenvalue weighted by atomic mass is 10.3. The van der Waals surface area contributed by atoms with Crippen molar-refractivity contribution in [1.29, 1.82) is 5.26 Å². The Kier molecular flexibility index (Phi) is 3.78. The van der Waals surface area contributed by atoms with Crippen LogP contribution in [0.3, 0.4) is 0 Å². The van der Waals surface area contributed by atoms with Crippen LogP contribution in [0.4, 0.5) is 11.6 Å². The highest BCUT2D eigenvalue weighted by molar-refractivity contribution is 5.85. The number of para-hydroxylation sites is 1. The number of benzene rings is 1. The molecule has 0 saturated heterocycles. The van der Waals surface area contributed by atoms with E-state index in [1.54, 1.807) is 19.1 Å². The molecule has 2 rings (SSSR count). The smallest absolute Gasteiger partial charge is 0.394 e. The van der Waals surface area contributed by atoms with Crippen molar-refractivity contribution in [3.05, 3.63) is 41.9 Å². The second kappa shape index (κ2) is 5.69. The summed E-state index contributed by atoms with van der Waals surface area (Å²) in [4.78, 5) is 15.2. The molecule has 6 heteroatoms. The summed E-state index contributed by atoms with van der Waals surface area (Å²) in [5.74, 6) is -0.811. The Morgan fingerprint density at radius 2 is 2.21 bits per heavy atom. The van der Waals surface area contributed by atoms with E-state index in [2.05, 4.69) is 10.3 Å². The minimum absolute atomic E-state index is 0.00639. The molecular weight excluding hydrogens is 246 g/mol. The van der Waals surface area contributed by atoms with Gasteiger partial charge in [-0.2, -0.15) is 10.2 Å². The molecule has 0 atom stereocenters. The van der Waals surface area contributed by atoms with E-state index in [0.29, 0.717) is 0 Å². The van der Waals surface area contributed by atoms with Gasteiger partial charge in [0.05, 0.1) is 6.61 Å². The average molecular weight is 257 g/mol. The van der Waals surface area contributed by atoms with Crippen LogP contribution in [0, 0.1) is 11.3 Å². The Morgan fingerprint density at radius 3 is 2.84 bits per heavy atom. The number of rotatable bonds is 4. The maximum Gasteiger partial charge on any atom is 0.394 e. The minimum atomic E-state index is -0.694. The molecular formula is C13H11N3O3. The number of oxazole rings is 1. The van der Waals surface area contributed by atoms with Crippen LogP contribution in [0.2, 0.25) is 0 Å². The van der Waals surface area contributed by atoms with E-state index in [9.17, 15) is 4.79 Å². The van der Waals surface area contributed by atoms with Gasteiger partial charge in [-0.25, -0.2) is 4.79 Å². The number of nitriles is 1. The Balaban J connectivity index is 2.26. The Hall–Kier alpha value is -2.81. The molecule has 0 aliphatic heterocycles. The summed E-state index contributed by atoms with van der Waals surface area (Å²) in [6.07, 6.45) is 0. The van der Waals surface area contributed by atoms with E-state index in [0.717, 1.165) is 5.69 Å². The van der Waals surface area contributed by atoms with E-state index in [-0.39, 0.29) is 24.1 Å². The number of hydrogen-bond donors (Lipinski definition) is 1. The number of hydrogen-bond acceptors (Lipinski definition) is 6. The van der Waals surface area contributed by atoms with Gasteiger partial charge in [-0.1, -0.05) is 18.2 Å². The average Bonchev–Trinajstić information content (AvgIpc) is 2.83. The van der Waals surface area contributed by atoms with Crippen molar-refractivity contribution in [2.75, 3.05) is 11.9 Å². The van der Waals surface area contributed by atoms with Crippen LogP contribution in [0.1, 0.15) is 23.3 Å². The molecule has 96 valence electrons. The summed E-state index contributed by atoms with van der Waals surface area (Å²) >= 11 is 0. The van der Waals surface area contributed by atoms with Gasteiger partial charge in [-0.3, -0.25) is 0 Å². The third kappa shape index (κ3) is 2.90. The Morgan fingerprint density at radius 1 is 1.47 bits per heavy atom. The molecule has 0 amide bonds. The molecule has 6 nitrogen and oxygen atoms in total. The number of nitrogens with one attached hydrogen (secondary N) is 1. The fourth-order valence-electron chi connectivity index (χ4n) is 1.41. The predicted octanol–water partition coefficient (Wildman–Crippen LogP) is 2.47. The summed E-state index contributed by atoms with van der Waals surface area (Å²) in [7, 11) is 0. The molecule has 0 aliphatic carbocycles. The Labute approximate surface area is 109 Å². The van der Waals surface area contributed by atoms with Crippen LogP contribution in [-0.4, -0.2) is 17.6 Å². The third-order valence-corrected chi connectivity index (χ3v) is 2.21. The lowest BCUT2D eigenvalue weighted by Crippen LogP contribution is -2.04. The summed E-state index contributed by atoms with van der Waals surface area (Å²) in [6, 6.07) is 11.0. The van der Waals surface area contributed by atoms with Crippen LogP contribution >= 0.6 is 0 Å². The monoisotopic (exact) mass is 257 g/mol. The highest BCUT2D eigenvalue weighted by Gasteiger charge is 2.19. The number of aromatic nitrogens is 1. The Bertz CT molecular complexity index is 614. The lowest BCUT2D eigenvalue weighted by molar-refractivity contribution is 0.0482. The third-order valence-electron chi connectivity index (χ3n) is 2.21. The van der Waals surface area contributed by atoms with Crippen molar-refractivity contribution in [3.8, 4) is 6.07 Å². The standard InChI is InChI=1S/C13H11N3O3/c1-2-18-13(17)12-16-10(8-14)11(19-12)15-9-6-4-3-5-7-9/h3-7,15H,2H2,1H3. The molecule has 2 aromatic rings. The first-order valence-corrected chi connectivity index (χ1v) is 5.64. The molecule has 1 N–H and O–H groups in total.